The van der Waals surface area contributed by atoms with Crippen LogP contribution in [0, 0.1) is 6.92 Å². The quantitative estimate of drug-likeness (QED) is 0.852. The number of para-hydroxylation sites is 1. The molecule has 4 nitrogen and oxygen atoms in total. The molecule has 21 heavy (non-hydrogen) atoms. The maximum absolute atomic E-state index is 6.21. The Balaban J connectivity index is 2.03. The molecule has 0 aliphatic heterocycles. The van der Waals surface area contributed by atoms with Crippen LogP contribution in [-0.2, 0) is 0 Å². The number of rotatable bonds is 4. The summed E-state index contributed by atoms with van der Waals surface area (Å²) < 4.78 is 0. The minimum absolute atomic E-state index is 0.472. The van der Waals surface area contributed by atoms with Gasteiger partial charge in [0.15, 0.2) is 0 Å². The molecule has 1 aromatic carbocycles. The van der Waals surface area contributed by atoms with Gasteiger partial charge in [0, 0.05) is 18.5 Å². The van der Waals surface area contributed by atoms with Gasteiger partial charge in [-0.1, -0.05) is 29.3 Å². The summed E-state index contributed by atoms with van der Waals surface area (Å²) in [6, 6.07) is 5.41. The molecule has 1 aromatic heterocycles. The lowest BCUT2D eigenvalue weighted by Gasteiger charge is -2.15. The van der Waals surface area contributed by atoms with Crippen molar-refractivity contribution in [2.75, 3.05) is 17.7 Å². The molecule has 1 aliphatic carbocycles. The molecule has 0 unspecified atom stereocenters. The number of halogens is 2. The van der Waals surface area contributed by atoms with Gasteiger partial charge in [-0.15, -0.1) is 0 Å². The highest BCUT2D eigenvalue weighted by molar-refractivity contribution is 6.39. The van der Waals surface area contributed by atoms with Crippen molar-refractivity contribution in [2.45, 2.75) is 25.7 Å². The van der Waals surface area contributed by atoms with Crippen molar-refractivity contribution in [3.8, 4) is 0 Å². The molecular weight excluding hydrogens is 307 g/mol. The molecule has 1 saturated carbocycles. The summed E-state index contributed by atoms with van der Waals surface area (Å²) in [6.07, 6.45) is 2.30. The predicted molar refractivity (Wildman–Crippen MR) is 88.0 cm³/mol. The number of anilines is 3. The van der Waals surface area contributed by atoms with Crippen LogP contribution in [0.3, 0.4) is 0 Å². The van der Waals surface area contributed by atoms with Gasteiger partial charge in [-0.05, 0) is 31.9 Å². The number of nitrogens with zero attached hydrogens (tertiary/aromatic N) is 2. The zero-order chi connectivity index (χ0) is 15.0. The Bertz CT molecular complexity index is 663. The van der Waals surface area contributed by atoms with Crippen LogP contribution < -0.4 is 10.6 Å². The summed E-state index contributed by atoms with van der Waals surface area (Å²) >= 11 is 12.4. The Morgan fingerprint density at radius 2 is 1.71 bits per heavy atom. The second-order valence-electron chi connectivity index (χ2n) is 5.15. The summed E-state index contributed by atoms with van der Waals surface area (Å²) in [5, 5.41) is 7.51. The largest absolute Gasteiger partial charge is 0.373 e. The zero-order valence-electron chi connectivity index (χ0n) is 11.9. The molecule has 0 radical (unpaired) electrons. The van der Waals surface area contributed by atoms with E-state index in [1.165, 1.54) is 0 Å². The maximum Gasteiger partial charge on any atom is 0.139 e. The molecule has 2 aromatic rings. The molecule has 0 atom stereocenters. The molecule has 0 bridgehead atoms. The summed E-state index contributed by atoms with van der Waals surface area (Å²) in [5.74, 6) is 2.92. The Morgan fingerprint density at radius 3 is 2.29 bits per heavy atom. The van der Waals surface area contributed by atoms with E-state index in [1.807, 2.05) is 20.0 Å². The van der Waals surface area contributed by atoms with Gasteiger partial charge >= 0.3 is 0 Å². The van der Waals surface area contributed by atoms with Crippen LogP contribution in [0.1, 0.15) is 30.1 Å². The highest BCUT2D eigenvalue weighted by atomic mass is 35.5. The van der Waals surface area contributed by atoms with Gasteiger partial charge in [0.05, 0.1) is 15.7 Å². The standard InChI is InChI=1S/C15H16Cl2N4/c1-8-13(18-2)20-15(9-6-7-9)21-14(8)19-12-10(16)4-3-5-11(12)17/h3-5,9H,6-7H2,1-2H3,(H2,18,19,20,21). The van der Waals surface area contributed by atoms with Gasteiger partial charge in [0.2, 0.25) is 0 Å². The van der Waals surface area contributed by atoms with E-state index in [9.17, 15) is 0 Å². The fourth-order valence-corrected chi connectivity index (χ4v) is 2.65. The van der Waals surface area contributed by atoms with Crippen LogP contribution in [0.4, 0.5) is 17.3 Å². The lowest BCUT2D eigenvalue weighted by atomic mass is 10.2. The molecule has 3 rings (SSSR count). The number of aromatic nitrogens is 2. The van der Waals surface area contributed by atoms with Gasteiger partial charge < -0.3 is 10.6 Å². The topological polar surface area (TPSA) is 49.8 Å². The van der Waals surface area contributed by atoms with E-state index in [4.69, 9.17) is 23.2 Å². The molecule has 0 saturated heterocycles. The van der Waals surface area contributed by atoms with Crippen molar-refractivity contribution in [1.82, 2.24) is 9.97 Å². The molecule has 110 valence electrons. The van der Waals surface area contributed by atoms with E-state index >= 15 is 0 Å². The first-order chi connectivity index (χ1) is 10.1. The predicted octanol–water partition coefficient (Wildman–Crippen LogP) is 4.75. The van der Waals surface area contributed by atoms with Crippen LogP contribution in [0.2, 0.25) is 10.0 Å². The van der Waals surface area contributed by atoms with E-state index in [-0.39, 0.29) is 0 Å². The van der Waals surface area contributed by atoms with E-state index in [2.05, 4.69) is 20.6 Å². The van der Waals surface area contributed by atoms with Crippen molar-refractivity contribution in [1.29, 1.82) is 0 Å². The summed E-state index contributed by atoms with van der Waals surface area (Å²) in [6.45, 7) is 1.97. The number of hydrogen-bond acceptors (Lipinski definition) is 4. The fourth-order valence-electron chi connectivity index (χ4n) is 2.16. The fraction of sp³-hybridized carbons (Fsp3) is 0.333. The highest BCUT2D eigenvalue weighted by Crippen LogP contribution is 2.40. The van der Waals surface area contributed by atoms with Crippen molar-refractivity contribution in [3.05, 3.63) is 39.6 Å². The first kappa shape index (κ1) is 14.4. The molecule has 0 spiro atoms. The third-order valence-corrected chi connectivity index (χ3v) is 4.18. The Hall–Kier alpha value is -1.52. The monoisotopic (exact) mass is 322 g/mol. The maximum atomic E-state index is 6.21. The van der Waals surface area contributed by atoms with Gasteiger partial charge in [-0.2, -0.15) is 0 Å². The highest BCUT2D eigenvalue weighted by Gasteiger charge is 2.28. The molecule has 1 aliphatic rings. The van der Waals surface area contributed by atoms with Crippen LogP contribution in [0.15, 0.2) is 18.2 Å². The molecule has 2 N–H and O–H groups in total. The van der Waals surface area contributed by atoms with Crippen LogP contribution in [-0.4, -0.2) is 17.0 Å². The average Bonchev–Trinajstić information content (AvgIpc) is 3.29. The smallest absolute Gasteiger partial charge is 0.139 e. The zero-order valence-corrected chi connectivity index (χ0v) is 13.4. The lowest BCUT2D eigenvalue weighted by Crippen LogP contribution is -2.07. The van der Waals surface area contributed by atoms with Crippen molar-refractivity contribution < 1.29 is 0 Å². The minimum Gasteiger partial charge on any atom is -0.373 e. The van der Waals surface area contributed by atoms with Crippen molar-refractivity contribution >= 4 is 40.5 Å². The first-order valence-electron chi connectivity index (χ1n) is 6.87. The molecule has 1 fully saturated rings. The SMILES string of the molecule is CNc1nc(C2CC2)nc(Nc2c(Cl)cccc2Cl)c1C. The van der Waals surface area contributed by atoms with E-state index in [0.29, 0.717) is 21.7 Å². The molecule has 0 amide bonds. The van der Waals surface area contributed by atoms with Crippen molar-refractivity contribution in [2.24, 2.45) is 0 Å². The van der Waals surface area contributed by atoms with Crippen LogP contribution >= 0.6 is 23.2 Å². The number of hydrogen-bond donors (Lipinski definition) is 2. The molecular formula is C15H16Cl2N4. The normalized spacial score (nSPS) is 14.1. The molecule has 6 heteroatoms. The third-order valence-electron chi connectivity index (χ3n) is 3.55. The van der Waals surface area contributed by atoms with Gasteiger partial charge in [-0.3, -0.25) is 0 Å². The average molecular weight is 323 g/mol. The van der Waals surface area contributed by atoms with Crippen LogP contribution in [0.25, 0.3) is 0 Å². The van der Waals surface area contributed by atoms with Gasteiger partial charge in [-0.25, -0.2) is 9.97 Å². The second-order valence-corrected chi connectivity index (χ2v) is 5.96. The Labute approximate surface area is 133 Å². The van der Waals surface area contributed by atoms with Crippen LogP contribution in [0.5, 0.6) is 0 Å². The summed E-state index contributed by atoms with van der Waals surface area (Å²) in [4.78, 5) is 9.21. The van der Waals surface area contributed by atoms with E-state index in [0.717, 1.165) is 35.9 Å². The van der Waals surface area contributed by atoms with Gasteiger partial charge in [0.1, 0.15) is 17.5 Å². The van der Waals surface area contributed by atoms with Gasteiger partial charge in [0.25, 0.3) is 0 Å². The number of nitrogens with one attached hydrogen (secondary N) is 2. The molecule has 1 heterocycles. The minimum atomic E-state index is 0.472. The lowest BCUT2D eigenvalue weighted by molar-refractivity contribution is 0.924. The second kappa shape index (κ2) is 5.70. The van der Waals surface area contributed by atoms with E-state index in [1.54, 1.807) is 12.1 Å². The Kier molecular flexibility index (Phi) is 3.91. The summed E-state index contributed by atoms with van der Waals surface area (Å²) in [7, 11) is 1.86. The third kappa shape index (κ3) is 2.92. The first-order valence-corrected chi connectivity index (χ1v) is 7.63. The summed E-state index contributed by atoms with van der Waals surface area (Å²) in [5.41, 5.74) is 1.62. The van der Waals surface area contributed by atoms with Crippen molar-refractivity contribution in [3.63, 3.8) is 0 Å². The van der Waals surface area contributed by atoms with E-state index < -0.39 is 0 Å². The number of benzene rings is 1. The Morgan fingerprint density at radius 1 is 1.10 bits per heavy atom.